The minimum absolute atomic E-state index is 0.126. The first kappa shape index (κ1) is 17.6. The van der Waals surface area contributed by atoms with Gasteiger partial charge in [-0.2, -0.15) is 0 Å². The minimum atomic E-state index is 0.126. The fourth-order valence-corrected chi connectivity index (χ4v) is 2.64. The van der Waals surface area contributed by atoms with Gasteiger partial charge >= 0.3 is 0 Å². The summed E-state index contributed by atoms with van der Waals surface area (Å²) in [6, 6.07) is 8.36. The molecule has 5 nitrogen and oxygen atoms in total. The fourth-order valence-electron chi connectivity index (χ4n) is 2.64. The molecule has 2 rings (SSSR count). The molecular weight excluding hydrogens is 290 g/mol. The molecule has 0 bridgehead atoms. The van der Waals surface area contributed by atoms with Gasteiger partial charge in [-0.1, -0.05) is 19.9 Å². The highest BCUT2D eigenvalue weighted by atomic mass is 16.5. The van der Waals surface area contributed by atoms with E-state index in [1.165, 1.54) is 5.69 Å². The van der Waals surface area contributed by atoms with Gasteiger partial charge in [0.05, 0.1) is 13.7 Å². The van der Waals surface area contributed by atoms with Crippen molar-refractivity contribution in [2.45, 2.75) is 26.8 Å². The first-order valence-electron chi connectivity index (χ1n) is 8.40. The molecule has 1 aromatic carbocycles. The van der Waals surface area contributed by atoms with E-state index in [0.717, 1.165) is 31.9 Å². The lowest BCUT2D eigenvalue weighted by Gasteiger charge is -2.36. The number of hydrogen-bond acceptors (Lipinski definition) is 4. The van der Waals surface area contributed by atoms with E-state index in [1.54, 1.807) is 7.11 Å². The van der Waals surface area contributed by atoms with E-state index >= 15 is 0 Å². The Morgan fingerprint density at radius 1 is 1.22 bits per heavy atom. The van der Waals surface area contributed by atoms with Crippen LogP contribution in [-0.4, -0.2) is 56.7 Å². The monoisotopic (exact) mass is 319 g/mol. The molecule has 0 radical (unpaired) electrons. The largest absolute Gasteiger partial charge is 0.497 e. The lowest BCUT2D eigenvalue weighted by atomic mass is 10.1. The Bertz CT molecular complexity index is 511. The van der Waals surface area contributed by atoms with Crippen LogP contribution in [0.4, 0.5) is 5.69 Å². The van der Waals surface area contributed by atoms with Gasteiger partial charge in [0.15, 0.2) is 0 Å². The van der Waals surface area contributed by atoms with Crippen molar-refractivity contribution in [1.82, 2.24) is 10.2 Å². The van der Waals surface area contributed by atoms with E-state index in [9.17, 15) is 4.79 Å². The number of anilines is 1. The van der Waals surface area contributed by atoms with Crippen LogP contribution in [0.25, 0.3) is 0 Å². The summed E-state index contributed by atoms with van der Waals surface area (Å²) in [6.07, 6.45) is 0. The molecule has 1 atom stereocenters. The smallest absolute Gasteiger partial charge is 0.234 e. The Balaban J connectivity index is 1.80. The summed E-state index contributed by atoms with van der Waals surface area (Å²) in [4.78, 5) is 16.6. The molecule has 1 aliphatic heterocycles. The van der Waals surface area contributed by atoms with Gasteiger partial charge < -0.3 is 15.0 Å². The van der Waals surface area contributed by atoms with Crippen LogP contribution in [0, 0.1) is 5.92 Å². The van der Waals surface area contributed by atoms with Crippen molar-refractivity contribution in [3.63, 3.8) is 0 Å². The number of carbonyl (C=O) groups excluding carboxylic acids is 1. The minimum Gasteiger partial charge on any atom is -0.497 e. The molecule has 1 saturated heterocycles. The fraction of sp³-hybridized carbons (Fsp3) is 0.611. The van der Waals surface area contributed by atoms with Gasteiger partial charge in [0.1, 0.15) is 5.75 Å². The molecule has 128 valence electrons. The number of methoxy groups -OCH3 is 1. The molecule has 0 spiro atoms. The standard InChI is InChI=1S/C18H29N3O2/c1-14(2)15(3)19-18(22)13-20-8-10-21(11-9-20)16-6-5-7-17(12-16)23-4/h5-7,12,14-15H,8-11,13H2,1-4H3,(H,19,22)/t15-/m0/s1. The third-order valence-electron chi connectivity index (χ3n) is 4.55. The maximum absolute atomic E-state index is 12.1. The van der Waals surface area contributed by atoms with Crippen LogP contribution in [0.2, 0.25) is 0 Å². The van der Waals surface area contributed by atoms with Crippen LogP contribution in [0.5, 0.6) is 5.75 Å². The summed E-state index contributed by atoms with van der Waals surface area (Å²) in [7, 11) is 1.69. The van der Waals surface area contributed by atoms with E-state index in [1.807, 2.05) is 12.1 Å². The Labute approximate surface area is 139 Å². The molecule has 5 heteroatoms. The number of nitrogens with zero attached hydrogens (tertiary/aromatic N) is 2. The second-order valence-corrected chi connectivity index (χ2v) is 6.56. The molecule has 0 saturated carbocycles. The number of rotatable bonds is 6. The van der Waals surface area contributed by atoms with Crippen molar-refractivity contribution in [3.05, 3.63) is 24.3 Å². The van der Waals surface area contributed by atoms with Crippen molar-refractivity contribution in [2.75, 3.05) is 44.7 Å². The molecule has 0 unspecified atom stereocenters. The SMILES string of the molecule is COc1cccc(N2CCN(CC(=O)N[C@@H](C)C(C)C)CC2)c1. The van der Waals surface area contributed by atoms with Gasteiger partial charge in [-0.3, -0.25) is 9.69 Å². The lowest BCUT2D eigenvalue weighted by Crippen LogP contribution is -2.50. The number of amides is 1. The van der Waals surface area contributed by atoms with Gasteiger partial charge in [0, 0.05) is 44.0 Å². The summed E-state index contributed by atoms with van der Waals surface area (Å²) in [6.45, 7) is 10.5. The first-order valence-corrected chi connectivity index (χ1v) is 8.40. The van der Waals surface area contributed by atoms with Crippen LogP contribution in [0.3, 0.4) is 0 Å². The maximum atomic E-state index is 12.1. The van der Waals surface area contributed by atoms with Gasteiger partial charge in [0.25, 0.3) is 0 Å². The average molecular weight is 319 g/mol. The second kappa shape index (κ2) is 8.20. The summed E-state index contributed by atoms with van der Waals surface area (Å²) in [5, 5.41) is 3.07. The quantitative estimate of drug-likeness (QED) is 0.871. The summed E-state index contributed by atoms with van der Waals surface area (Å²) < 4.78 is 5.29. The number of nitrogens with one attached hydrogen (secondary N) is 1. The maximum Gasteiger partial charge on any atom is 0.234 e. The molecule has 0 aromatic heterocycles. The average Bonchev–Trinajstić information content (AvgIpc) is 2.55. The van der Waals surface area contributed by atoms with Gasteiger partial charge in [-0.25, -0.2) is 0 Å². The van der Waals surface area contributed by atoms with Crippen LogP contribution < -0.4 is 15.0 Å². The molecule has 23 heavy (non-hydrogen) atoms. The van der Waals surface area contributed by atoms with Crippen molar-refractivity contribution in [1.29, 1.82) is 0 Å². The molecule has 1 aromatic rings. The van der Waals surface area contributed by atoms with Crippen molar-refractivity contribution in [3.8, 4) is 5.75 Å². The zero-order chi connectivity index (χ0) is 16.8. The zero-order valence-electron chi connectivity index (χ0n) is 14.7. The molecule has 1 amide bonds. The molecule has 1 fully saturated rings. The Morgan fingerprint density at radius 3 is 2.52 bits per heavy atom. The summed E-state index contributed by atoms with van der Waals surface area (Å²) in [5.41, 5.74) is 1.18. The number of ether oxygens (including phenoxy) is 1. The predicted molar refractivity (Wildman–Crippen MR) is 94.1 cm³/mol. The molecule has 0 aliphatic carbocycles. The normalized spacial score (nSPS) is 17.2. The van der Waals surface area contributed by atoms with Gasteiger partial charge in [-0.05, 0) is 25.0 Å². The third kappa shape index (κ3) is 5.13. The number of piperazine rings is 1. The Morgan fingerprint density at radius 2 is 1.91 bits per heavy atom. The number of benzene rings is 1. The number of hydrogen-bond donors (Lipinski definition) is 1. The van der Waals surface area contributed by atoms with Crippen molar-refractivity contribution in [2.24, 2.45) is 5.92 Å². The van der Waals surface area contributed by atoms with E-state index < -0.39 is 0 Å². The summed E-state index contributed by atoms with van der Waals surface area (Å²) in [5.74, 6) is 1.47. The van der Waals surface area contributed by atoms with E-state index in [4.69, 9.17) is 4.74 Å². The first-order chi connectivity index (χ1) is 11.0. The van der Waals surface area contributed by atoms with Crippen LogP contribution >= 0.6 is 0 Å². The van der Waals surface area contributed by atoms with Crippen LogP contribution in [-0.2, 0) is 4.79 Å². The molecule has 1 N–H and O–H groups in total. The van der Waals surface area contributed by atoms with Crippen molar-refractivity contribution >= 4 is 11.6 Å². The molecule has 1 heterocycles. The Hall–Kier alpha value is -1.75. The van der Waals surface area contributed by atoms with E-state index in [0.29, 0.717) is 12.5 Å². The number of carbonyl (C=O) groups is 1. The highest BCUT2D eigenvalue weighted by Gasteiger charge is 2.20. The summed E-state index contributed by atoms with van der Waals surface area (Å²) >= 11 is 0. The molecule has 1 aliphatic rings. The highest BCUT2D eigenvalue weighted by molar-refractivity contribution is 5.78. The van der Waals surface area contributed by atoms with Gasteiger partial charge in [-0.15, -0.1) is 0 Å². The van der Waals surface area contributed by atoms with E-state index in [2.05, 4.69) is 48.0 Å². The third-order valence-corrected chi connectivity index (χ3v) is 4.55. The molecular formula is C18H29N3O2. The lowest BCUT2D eigenvalue weighted by molar-refractivity contribution is -0.123. The van der Waals surface area contributed by atoms with Crippen molar-refractivity contribution < 1.29 is 9.53 Å². The Kier molecular flexibility index (Phi) is 6.28. The second-order valence-electron chi connectivity index (χ2n) is 6.56. The van der Waals surface area contributed by atoms with E-state index in [-0.39, 0.29) is 11.9 Å². The zero-order valence-corrected chi connectivity index (χ0v) is 14.7. The highest BCUT2D eigenvalue weighted by Crippen LogP contribution is 2.21. The van der Waals surface area contributed by atoms with Crippen LogP contribution in [0.1, 0.15) is 20.8 Å². The predicted octanol–water partition coefficient (Wildman–Crippen LogP) is 1.98. The van der Waals surface area contributed by atoms with Gasteiger partial charge in [0.2, 0.25) is 5.91 Å². The van der Waals surface area contributed by atoms with Crippen LogP contribution in [0.15, 0.2) is 24.3 Å². The topological polar surface area (TPSA) is 44.8 Å².